The molecule has 0 heterocycles. The van der Waals surface area contributed by atoms with Gasteiger partial charge in [-0.05, 0) is 36.8 Å². The summed E-state index contributed by atoms with van der Waals surface area (Å²) in [6.45, 7) is 2.29. The van der Waals surface area contributed by atoms with Crippen LogP contribution in [0.3, 0.4) is 0 Å². The molecule has 0 aliphatic heterocycles. The Balaban J connectivity index is 2.16. The Morgan fingerprint density at radius 3 is 2.36 bits per heavy atom. The van der Waals surface area contributed by atoms with Gasteiger partial charge < -0.3 is 24.4 Å². The molecule has 1 amide bonds. The normalized spacial score (nSPS) is 12.8. The Hall–Kier alpha value is -2.61. The average molecular weight is 389 g/mol. The van der Waals surface area contributed by atoms with E-state index in [1.54, 1.807) is 36.4 Å². The van der Waals surface area contributed by atoms with Crippen LogP contribution in [0.2, 0.25) is 0 Å². The summed E-state index contributed by atoms with van der Waals surface area (Å²) < 4.78 is 16.7. The van der Waals surface area contributed by atoms with Crippen LogP contribution in [0.25, 0.3) is 0 Å². The lowest BCUT2D eigenvalue weighted by atomic mass is 10.0. The van der Waals surface area contributed by atoms with Gasteiger partial charge in [0.25, 0.3) is 0 Å². The SMILES string of the molecule is CCO[C@@H](CCO)[C@@H](OC(=O)Nc1ccccc1)c1ccc(OCCO)cc1. The number of hydrogen-bond donors (Lipinski definition) is 3. The summed E-state index contributed by atoms with van der Waals surface area (Å²) >= 11 is 0. The number of ether oxygens (including phenoxy) is 3. The fourth-order valence-electron chi connectivity index (χ4n) is 2.72. The number of carbonyl (C=O) groups excluding carboxylic acids is 1. The van der Waals surface area contributed by atoms with E-state index in [2.05, 4.69) is 5.32 Å². The molecule has 2 aromatic rings. The van der Waals surface area contributed by atoms with Crippen molar-refractivity contribution in [2.24, 2.45) is 0 Å². The molecule has 0 bridgehead atoms. The molecule has 7 heteroatoms. The van der Waals surface area contributed by atoms with Crippen LogP contribution in [0.1, 0.15) is 25.0 Å². The summed E-state index contributed by atoms with van der Waals surface area (Å²) in [5, 5.41) is 20.9. The molecule has 0 aliphatic carbocycles. The van der Waals surface area contributed by atoms with E-state index in [4.69, 9.17) is 19.3 Å². The molecule has 0 unspecified atom stereocenters. The second-order valence-electron chi connectivity index (χ2n) is 5.96. The zero-order valence-corrected chi connectivity index (χ0v) is 15.9. The molecular weight excluding hydrogens is 362 g/mol. The maximum Gasteiger partial charge on any atom is 0.412 e. The van der Waals surface area contributed by atoms with Crippen molar-refractivity contribution in [2.75, 3.05) is 31.7 Å². The molecule has 2 aromatic carbocycles. The summed E-state index contributed by atoms with van der Waals surface area (Å²) in [5.41, 5.74) is 1.33. The summed E-state index contributed by atoms with van der Waals surface area (Å²) in [6.07, 6.45) is -1.50. The number of nitrogens with one attached hydrogen (secondary N) is 1. The second-order valence-corrected chi connectivity index (χ2v) is 5.96. The van der Waals surface area contributed by atoms with Gasteiger partial charge in [-0.2, -0.15) is 0 Å². The number of amides is 1. The highest BCUT2D eigenvalue weighted by molar-refractivity contribution is 5.84. The van der Waals surface area contributed by atoms with Crippen LogP contribution in [0.4, 0.5) is 10.5 Å². The third-order valence-electron chi connectivity index (χ3n) is 3.95. The number of anilines is 1. The first kappa shape index (κ1) is 21.7. The number of hydrogen-bond acceptors (Lipinski definition) is 6. The first-order valence-corrected chi connectivity index (χ1v) is 9.26. The fourth-order valence-corrected chi connectivity index (χ4v) is 2.72. The molecule has 28 heavy (non-hydrogen) atoms. The van der Waals surface area contributed by atoms with Crippen molar-refractivity contribution in [3.63, 3.8) is 0 Å². The van der Waals surface area contributed by atoms with Gasteiger partial charge in [0.05, 0.1) is 6.61 Å². The van der Waals surface area contributed by atoms with Crippen LogP contribution in [-0.2, 0) is 9.47 Å². The Morgan fingerprint density at radius 1 is 1.04 bits per heavy atom. The van der Waals surface area contributed by atoms with Gasteiger partial charge in [0.1, 0.15) is 18.5 Å². The molecular formula is C21H27NO6. The van der Waals surface area contributed by atoms with Crippen LogP contribution in [-0.4, -0.2) is 48.8 Å². The number of carbonyl (C=O) groups is 1. The van der Waals surface area contributed by atoms with E-state index in [1.165, 1.54) is 0 Å². The van der Waals surface area contributed by atoms with Crippen LogP contribution >= 0.6 is 0 Å². The number of aliphatic hydroxyl groups excluding tert-OH is 2. The molecule has 0 fully saturated rings. The number of para-hydroxylation sites is 1. The van der Waals surface area contributed by atoms with Gasteiger partial charge in [-0.1, -0.05) is 30.3 Å². The van der Waals surface area contributed by atoms with Gasteiger partial charge in [-0.15, -0.1) is 0 Å². The highest BCUT2D eigenvalue weighted by atomic mass is 16.6. The molecule has 0 aromatic heterocycles. The third kappa shape index (κ3) is 6.84. The predicted octanol–water partition coefficient (Wildman–Crippen LogP) is 3.14. The largest absolute Gasteiger partial charge is 0.491 e. The van der Waals surface area contributed by atoms with Crippen molar-refractivity contribution in [1.29, 1.82) is 0 Å². The van der Waals surface area contributed by atoms with Crippen LogP contribution in [0.5, 0.6) is 5.75 Å². The molecule has 7 nitrogen and oxygen atoms in total. The topological polar surface area (TPSA) is 97.2 Å². The summed E-state index contributed by atoms with van der Waals surface area (Å²) in [7, 11) is 0. The van der Waals surface area contributed by atoms with Gasteiger partial charge >= 0.3 is 6.09 Å². The third-order valence-corrected chi connectivity index (χ3v) is 3.95. The van der Waals surface area contributed by atoms with Gasteiger partial charge in [0, 0.05) is 25.3 Å². The minimum absolute atomic E-state index is 0.0734. The van der Waals surface area contributed by atoms with E-state index < -0.39 is 18.3 Å². The van der Waals surface area contributed by atoms with Crippen molar-refractivity contribution < 1.29 is 29.2 Å². The van der Waals surface area contributed by atoms with Crippen molar-refractivity contribution in [2.45, 2.75) is 25.6 Å². The van der Waals surface area contributed by atoms with Gasteiger partial charge in [0.2, 0.25) is 0 Å². The van der Waals surface area contributed by atoms with Crippen LogP contribution < -0.4 is 10.1 Å². The molecule has 0 saturated heterocycles. The Kier molecular flexibility index (Phi) is 9.27. The van der Waals surface area contributed by atoms with Gasteiger partial charge in [-0.3, -0.25) is 5.32 Å². The van der Waals surface area contributed by atoms with E-state index in [9.17, 15) is 9.90 Å². The molecule has 2 rings (SSSR count). The molecule has 0 radical (unpaired) electrons. The molecule has 3 N–H and O–H groups in total. The lowest BCUT2D eigenvalue weighted by molar-refractivity contribution is -0.0484. The van der Waals surface area contributed by atoms with Crippen molar-refractivity contribution in [1.82, 2.24) is 0 Å². The van der Waals surface area contributed by atoms with E-state index in [0.717, 1.165) is 0 Å². The standard InChI is InChI=1S/C21H27NO6/c1-2-26-19(12-13-23)20(16-8-10-18(11-9-16)27-15-14-24)28-21(25)22-17-6-4-3-5-7-17/h3-11,19-20,23-24H,2,12-15H2,1H3,(H,22,25)/t19-,20-/m0/s1. The highest BCUT2D eigenvalue weighted by Crippen LogP contribution is 2.28. The van der Waals surface area contributed by atoms with Crippen molar-refractivity contribution in [3.8, 4) is 5.75 Å². The zero-order valence-electron chi connectivity index (χ0n) is 15.9. The maximum absolute atomic E-state index is 12.4. The Morgan fingerprint density at radius 2 is 1.75 bits per heavy atom. The molecule has 2 atom stereocenters. The van der Waals surface area contributed by atoms with Crippen molar-refractivity contribution in [3.05, 3.63) is 60.2 Å². The Labute approximate surface area is 164 Å². The van der Waals surface area contributed by atoms with E-state index in [-0.39, 0.29) is 19.8 Å². The number of aliphatic hydroxyl groups is 2. The van der Waals surface area contributed by atoms with Crippen LogP contribution in [0, 0.1) is 0 Å². The quantitative estimate of drug-likeness (QED) is 0.546. The lowest BCUT2D eigenvalue weighted by Gasteiger charge is -2.27. The molecule has 152 valence electrons. The highest BCUT2D eigenvalue weighted by Gasteiger charge is 2.27. The smallest absolute Gasteiger partial charge is 0.412 e. The number of benzene rings is 2. The predicted molar refractivity (Wildman–Crippen MR) is 105 cm³/mol. The van der Waals surface area contributed by atoms with Crippen molar-refractivity contribution >= 4 is 11.8 Å². The molecule has 0 spiro atoms. The second kappa shape index (κ2) is 12.0. The van der Waals surface area contributed by atoms with E-state index >= 15 is 0 Å². The average Bonchev–Trinajstić information content (AvgIpc) is 2.71. The van der Waals surface area contributed by atoms with Gasteiger partial charge in [0.15, 0.2) is 6.10 Å². The minimum atomic E-state index is -0.706. The minimum Gasteiger partial charge on any atom is -0.491 e. The first-order chi connectivity index (χ1) is 13.7. The zero-order chi connectivity index (χ0) is 20.2. The number of rotatable bonds is 11. The summed E-state index contributed by atoms with van der Waals surface area (Å²) in [4.78, 5) is 12.4. The summed E-state index contributed by atoms with van der Waals surface area (Å²) in [6, 6.07) is 16.0. The van der Waals surface area contributed by atoms with E-state index in [1.807, 2.05) is 25.1 Å². The lowest BCUT2D eigenvalue weighted by Crippen LogP contribution is -2.29. The fraction of sp³-hybridized carbons (Fsp3) is 0.381. The monoisotopic (exact) mass is 389 g/mol. The molecule has 0 aliphatic rings. The summed E-state index contributed by atoms with van der Waals surface area (Å²) in [5.74, 6) is 0.598. The first-order valence-electron chi connectivity index (χ1n) is 9.26. The van der Waals surface area contributed by atoms with Gasteiger partial charge in [-0.25, -0.2) is 4.79 Å². The maximum atomic E-state index is 12.4. The van der Waals surface area contributed by atoms with Crippen LogP contribution in [0.15, 0.2) is 54.6 Å². The molecule has 0 saturated carbocycles. The Bertz CT molecular complexity index is 686. The van der Waals surface area contributed by atoms with E-state index in [0.29, 0.717) is 30.0 Å².